The zero-order valence-electron chi connectivity index (χ0n) is 16.8. The summed E-state index contributed by atoms with van der Waals surface area (Å²) in [5.41, 5.74) is 0.632. The zero-order chi connectivity index (χ0) is 20.6. The molecule has 9 heteroatoms. The van der Waals surface area contributed by atoms with Crippen LogP contribution < -0.4 is 15.4 Å². The molecule has 9 nitrogen and oxygen atoms in total. The van der Waals surface area contributed by atoms with Gasteiger partial charge < -0.3 is 24.8 Å². The Balaban J connectivity index is 1.32. The van der Waals surface area contributed by atoms with Gasteiger partial charge in [0.1, 0.15) is 5.75 Å². The number of carbonyl (C=O) groups is 1. The van der Waals surface area contributed by atoms with Crippen LogP contribution in [0.4, 0.5) is 10.5 Å². The van der Waals surface area contributed by atoms with Crippen LogP contribution in [0.3, 0.4) is 0 Å². The second-order valence-corrected chi connectivity index (χ2v) is 7.34. The van der Waals surface area contributed by atoms with E-state index < -0.39 is 0 Å². The minimum Gasteiger partial charge on any atom is -0.424 e. The highest BCUT2D eigenvalue weighted by Crippen LogP contribution is 2.23. The molecule has 1 aromatic heterocycles. The molecule has 0 spiro atoms. The van der Waals surface area contributed by atoms with Gasteiger partial charge in [0, 0.05) is 62.3 Å². The highest BCUT2D eigenvalue weighted by Gasteiger charge is 2.31. The van der Waals surface area contributed by atoms with Gasteiger partial charge in [-0.25, -0.2) is 14.8 Å². The molecule has 2 fully saturated rings. The second-order valence-electron chi connectivity index (χ2n) is 7.34. The number of anilines is 1. The lowest BCUT2D eigenvalue weighted by Gasteiger charge is -2.37. The van der Waals surface area contributed by atoms with Crippen LogP contribution in [0.5, 0.6) is 11.8 Å². The molecule has 30 heavy (non-hydrogen) atoms. The van der Waals surface area contributed by atoms with E-state index in [-0.39, 0.29) is 18.1 Å². The molecule has 2 aliphatic rings. The van der Waals surface area contributed by atoms with E-state index >= 15 is 0 Å². The van der Waals surface area contributed by atoms with Crippen LogP contribution in [-0.4, -0.2) is 73.0 Å². The summed E-state index contributed by atoms with van der Waals surface area (Å²) in [5.74, 6) is 0.972. The molecule has 160 valence electrons. The number of hydrogen-bond donors (Lipinski definition) is 2. The monoisotopic (exact) mass is 413 g/mol. The topological polar surface area (TPSA) is 97.8 Å². The first kappa shape index (κ1) is 20.5. The van der Waals surface area contributed by atoms with Gasteiger partial charge in [-0.2, -0.15) is 0 Å². The lowest BCUT2D eigenvalue weighted by Crippen LogP contribution is -2.52. The van der Waals surface area contributed by atoms with Crippen LogP contribution in [0.25, 0.3) is 0 Å². The number of rotatable bonds is 7. The molecule has 0 bridgehead atoms. The number of morpholine rings is 1. The minimum atomic E-state index is -0.250. The van der Waals surface area contributed by atoms with Crippen molar-refractivity contribution in [1.29, 1.82) is 0 Å². The summed E-state index contributed by atoms with van der Waals surface area (Å²) in [7, 11) is 0. The number of amides is 2. The van der Waals surface area contributed by atoms with Gasteiger partial charge in [-0.3, -0.25) is 4.90 Å². The van der Waals surface area contributed by atoms with Crippen molar-refractivity contribution in [3.05, 3.63) is 42.7 Å². The number of carbonyl (C=O) groups excluding carboxylic acids is 1. The van der Waals surface area contributed by atoms with E-state index in [1.165, 1.54) is 0 Å². The van der Waals surface area contributed by atoms with Gasteiger partial charge >= 0.3 is 12.0 Å². The van der Waals surface area contributed by atoms with Crippen molar-refractivity contribution in [2.45, 2.75) is 12.5 Å². The Morgan fingerprint density at radius 2 is 2.00 bits per heavy atom. The molecule has 2 aromatic rings. The van der Waals surface area contributed by atoms with Crippen molar-refractivity contribution < 1.29 is 19.0 Å². The first-order valence-corrected chi connectivity index (χ1v) is 10.3. The Morgan fingerprint density at radius 3 is 2.77 bits per heavy atom. The third-order valence-corrected chi connectivity index (χ3v) is 5.34. The Hall–Kier alpha value is -2.75. The fourth-order valence-electron chi connectivity index (χ4n) is 3.81. The van der Waals surface area contributed by atoms with Gasteiger partial charge in [0.05, 0.1) is 19.8 Å². The summed E-state index contributed by atoms with van der Waals surface area (Å²) in [6.07, 6.45) is 4.24. The Bertz CT molecular complexity index is 810. The fraction of sp³-hybridized carbons (Fsp3) is 0.476. The smallest absolute Gasteiger partial charge is 0.321 e. The van der Waals surface area contributed by atoms with Gasteiger partial charge in [-0.1, -0.05) is 6.07 Å². The summed E-state index contributed by atoms with van der Waals surface area (Å²) >= 11 is 0. The van der Waals surface area contributed by atoms with Crippen molar-refractivity contribution in [3.8, 4) is 11.8 Å². The second kappa shape index (κ2) is 10.3. The van der Waals surface area contributed by atoms with Crippen LogP contribution in [0.15, 0.2) is 42.7 Å². The molecule has 0 radical (unpaired) electrons. The van der Waals surface area contributed by atoms with Crippen LogP contribution in [0.1, 0.15) is 6.42 Å². The number of nitrogens with zero attached hydrogens (tertiary/aromatic N) is 3. The van der Waals surface area contributed by atoms with Gasteiger partial charge in [-0.05, 0) is 24.6 Å². The van der Waals surface area contributed by atoms with Gasteiger partial charge in [0.2, 0.25) is 0 Å². The van der Waals surface area contributed by atoms with E-state index in [0.29, 0.717) is 23.9 Å². The van der Waals surface area contributed by atoms with Crippen LogP contribution in [0, 0.1) is 5.92 Å². The average Bonchev–Trinajstić information content (AvgIpc) is 3.30. The normalized spacial score (nSPS) is 20.5. The third kappa shape index (κ3) is 5.65. The Labute approximate surface area is 175 Å². The van der Waals surface area contributed by atoms with Gasteiger partial charge in [-0.15, -0.1) is 0 Å². The van der Waals surface area contributed by atoms with Crippen LogP contribution in [-0.2, 0) is 9.47 Å². The zero-order valence-corrected chi connectivity index (χ0v) is 16.8. The number of hydrogen-bond acceptors (Lipinski definition) is 7. The SMILES string of the molecule is O=C(NC[C@@H]([C@@H]1CCOC1)N1CCOCC1)Nc1cccc(Oc2ncccn2)c1. The van der Waals surface area contributed by atoms with Crippen LogP contribution >= 0.6 is 0 Å². The number of ether oxygens (including phenoxy) is 3. The molecule has 0 saturated carbocycles. The maximum atomic E-state index is 12.5. The largest absolute Gasteiger partial charge is 0.424 e. The quantitative estimate of drug-likeness (QED) is 0.718. The molecule has 2 atom stereocenters. The molecule has 1 aromatic carbocycles. The number of urea groups is 1. The number of benzene rings is 1. The van der Waals surface area contributed by atoms with Crippen molar-refractivity contribution >= 4 is 11.7 Å². The highest BCUT2D eigenvalue weighted by molar-refractivity contribution is 5.89. The van der Waals surface area contributed by atoms with E-state index in [2.05, 4.69) is 25.5 Å². The van der Waals surface area contributed by atoms with E-state index in [4.69, 9.17) is 14.2 Å². The van der Waals surface area contributed by atoms with E-state index in [9.17, 15) is 4.79 Å². The lowest BCUT2D eigenvalue weighted by molar-refractivity contribution is 0.00222. The Morgan fingerprint density at radius 1 is 1.17 bits per heavy atom. The standard InChI is InChI=1S/C21H27N5O4/c27-20(24-14-19(16-5-10-29-15-16)26-8-11-28-12-9-26)25-17-3-1-4-18(13-17)30-21-22-6-2-7-23-21/h1-4,6-7,13,16,19H,5,8-12,14-15H2,(H2,24,25,27)/t16-,19+/m1/s1. The molecule has 2 saturated heterocycles. The lowest BCUT2D eigenvalue weighted by atomic mass is 9.97. The summed E-state index contributed by atoms with van der Waals surface area (Å²) in [4.78, 5) is 23.0. The molecular formula is C21H27N5O4. The fourth-order valence-corrected chi connectivity index (χ4v) is 3.81. The van der Waals surface area contributed by atoms with E-state index in [1.54, 1.807) is 36.7 Å². The summed E-state index contributed by atoms with van der Waals surface area (Å²) in [6, 6.07) is 9.10. The molecule has 2 aliphatic heterocycles. The van der Waals surface area contributed by atoms with E-state index in [0.717, 1.165) is 45.9 Å². The molecule has 4 rings (SSSR count). The molecule has 2 N–H and O–H groups in total. The predicted molar refractivity (Wildman–Crippen MR) is 111 cm³/mol. The summed E-state index contributed by atoms with van der Waals surface area (Å²) in [5, 5.41) is 5.89. The average molecular weight is 413 g/mol. The molecular weight excluding hydrogens is 386 g/mol. The van der Waals surface area contributed by atoms with Gasteiger partial charge in [0.25, 0.3) is 0 Å². The maximum absolute atomic E-state index is 12.5. The highest BCUT2D eigenvalue weighted by atomic mass is 16.5. The summed E-state index contributed by atoms with van der Waals surface area (Å²) < 4.78 is 16.7. The first-order chi connectivity index (χ1) is 14.8. The molecule has 2 amide bonds. The predicted octanol–water partition coefficient (Wildman–Crippen LogP) is 2.13. The van der Waals surface area contributed by atoms with Crippen molar-refractivity contribution in [2.75, 3.05) is 51.4 Å². The third-order valence-electron chi connectivity index (χ3n) is 5.34. The number of aromatic nitrogens is 2. The van der Waals surface area contributed by atoms with E-state index in [1.807, 2.05) is 6.07 Å². The molecule has 3 heterocycles. The molecule has 0 unspecified atom stereocenters. The van der Waals surface area contributed by atoms with Crippen molar-refractivity contribution in [1.82, 2.24) is 20.2 Å². The van der Waals surface area contributed by atoms with Crippen molar-refractivity contribution in [2.24, 2.45) is 5.92 Å². The van der Waals surface area contributed by atoms with Crippen molar-refractivity contribution in [3.63, 3.8) is 0 Å². The minimum absolute atomic E-state index is 0.243. The van der Waals surface area contributed by atoms with Gasteiger partial charge in [0.15, 0.2) is 0 Å². The first-order valence-electron chi connectivity index (χ1n) is 10.3. The molecule has 0 aliphatic carbocycles. The van der Waals surface area contributed by atoms with Crippen LogP contribution in [0.2, 0.25) is 0 Å². The number of nitrogens with one attached hydrogen (secondary N) is 2. The Kier molecular flexibility index (Phi) is 7.07. The summed E-state index contributed by atoms with van der Waals surface area (Å²) in [6.45, 7) is 5.31. The maximum Gasteiger partial charge on any atom is 0.321 e.